The Morgan fingerprint density at radius 1 is 1.00 bits per heavy atom. The monoisotopic (exact) mass is 448 g/mol. The van der Waals surface area contributed by atoms with Gasteiger partial charge in [-0.3, -0.25) is 19.2 Å². The Kier molecular flexibility index (Phi) is 13.8. The van der Waals surface area contributed by atoms with Gasteiger partial charge in [-0.15, -0.1) is 0 Å². The summed E-state index contributed by atoms with van der Waals surface area (Å²) in [4.78, 5) is 47.6. The molecule has 0 saturated heterocycles. The van der Waals surface area contributed by atoms with E-state index in [4.69, 9.17) is 15.2 Å². The molecule has 0 aliphatic rings. The summed E-state index contributed by atoms with van der Waals surface area (Å²) in [5.41, 5.74) is 7.25. The van der Waals surface area contributed by atoms with E-state index >= 15 is 0 Å². The standard InChI is InChI=1S/C24H36N2O6/c1-3-31-13-14-32-17-23(29)26-16-21(27)15-20(24(25)30)7-5-4-6-8-22(28)19-11-9-18(2)10-12-19/h9-12,20H,3-8,13-17H2,1-2H3,(H2,25,30)(H,26,29). The van der Waals surface area contributed by atoms with Gasteiger partial charge in [-0.1, -0.05) is 42.7 Å². The smallest absolute Gasteiger partial charge is 0.246 e. The third-order valence-corrected chi connectivity index (χ3v) is 5.00. The molecule has 0 spiro atoms. The fourth-order valence-electron chi connectivity index (χ4n) is 3.10. The maximum Gasteiger partial charge on any atom is 0.246 e. The van der Waals surface area contributed by atoms with Crippen molar-refractivity contribution in [3.05, 3.63) is 35.4 Å². The predicted octanol–water partition coefficient (Wildman–Crippen LogP) is 2.36. The second-order valence-electron chi connectivity index (χ2n) is 7.76. The maximum absolute atomic E-state index is 12.2. The number of carbonyl (C=O) groups is 4. The molecule has 1 rings (SSSR count). The zero-order valence-electron chi connectivity index (χ0n) is 19.2. The molecule has 0 aliphatic heterocycles. The van der Waals surface area contributed by atoms with E-state index in [0.29, 0.717) is 51.1 Å². The maximum atomic E-state index is 12.2. The van der Waals surface area contributed by atoms with Crippen LogP contribution in [0.4, 0.5) is 0 Å². The number of aryl methyl sites for hydroxylation is 1. The summed E-state index contributed by atoms with van der Waals surface area (Å²) in [6.45, 7) is 4.81. The van der Waals surface area contributed by atoms with E-state index in [1.165, 1.54) is 0 Å². The SMILES string of the molecule is CCOCCOCC(=O)NCC(=O)CC(CCCCCC(=O)c1ccc(C)cc1)C(N)=O. The van der Waals surface area contributed by atoms with Gasteiger partial charge < -0.3 is 20.5 Å². The van der Waals surface area contributed by atoms with E-state index in [-0.39, 0.29) is 31.1 Å². The highest BCUT2D eigenvalue weighted by Gasteiger charge is 2.19. The number of hydrogen-bond acceptors (Lipinski definition) is 6. The van der Waals surface area contributed by atoms with E-state index in [0.717, 1.165) is 12.0 Å². The van der Waals surface area contributed by atoms with Crippen molar-refractivity contribution in [1.82, 2.24) is 5.32 Å². The number of hydrogen-bond donors (Lipinski definition) is 2. The average Bonchev–Trinajstić information content (AvgIpc) is 2.76. The summed E-state index contributed by atoms with van der Waals surface area (Å²) in [6, 6.07) is 7.50. The van der Waals surface area contributed by atoms with Gasteiger partial charge in [0.25, 0.3) is 0 Å². The molecule has 0 bridgehead atoms. The number of benzene rings is 1. The van der Waals surface area contributed by atoms with Crippen molar-refractivity contribution in [2.24, 2.45) is 11.7 Å². The van der Waals surface area contributed by atoms with Gasteiger partial charge in [0, 0.05) is 30.9 Å². The normalized spacial score (nSPS) is 11.7. The van der Waals surface area contributed by atoms with Crippen LogP contribution in [0.25, 0.3) is 0 Å². The van der Waals surface area contributed by atoms with Crippen molar-refractivity contribution in [2.75, 3.05) is 33.0 Å². The van der Waals surface area contributed by atoms with Crippen LogP contribution < -0.4 is 11.1 Å². The lowest BCUT2D eigenvalue weighted by atomic mass is 9.94. The van der Waals surface area contributed by atoms with Gasteiger partial charge in [0.2, 0.25) is 11.8 Å². The van der Waals surface area contributed by atoms with Gasteiger partial charge in [0.15, 0.2) is 11.6 Å². The molecule has 178 valence electrons. The minimum absolute atomic E-state index is 0.0108. The molecule has 0 aliphatic carbocycles. The summed E-state index contributed by atoms with van der Waals surface area (Å²) in [5, 5.41) is 2.48. The highest BCUT2D eigenvalue weighted by atomic mass is 16.5. The molecular formula is C24H36N2O6. The molecule has 32 heavy (non-hydrogen) atoms. The van der Waals surface area contributed by atoms with Crippen LogP contribution >= 0.6 is 0 Å². The van der Waals surface area contributed by atoms with Gasteiger partial charge in [-0.25, -0.2) is 0 Å². The number of ketones is 2. The third-order valence-electron chi connectivity index (χ3n) is 5.00. The number of nitrogens with two attached hydrogens (primary N) is 1. The Morgan fingerprint density at radius 3 is 2.34 bits per heavy atom. The first kappa shape index (κ1) is 27.5. The average molecular weight is 449 g/mol. The fourth-order valence-corrected chi connectivity index (χ4v) is 3.10. The van der Waals surface area contributed by atoms with Crippen LogP contribution in [0.5, 0.6) is 0 Å². The first-order valence-electron chi connectivity index (χ1n) is 11.2. The van der Waals surface area contributed by atoms with Crippen LogP contribution in [-0.4, -0.2) is 56.4 Å². The van der Waals surface area contributed by atoms with E-state index in [9.17, 15) is 19.2 Å². The van der Waals surface area contributed by atoms with Crippen molar-refractivity contribution >= 4 is 23.4 Å². The lowest BCUT2D eigenvalue weighted by Crippen LogP contribution is -2.35. The van der Waals surface area contributed by atoms with Gasteiger partial charge in [0.05, 0.1) is 19.8 Å². The van der Waals surface area contributed by atoms with Gasteiger partial charge in [0.1, 0.15) is 6.61 Å². The van der Waals surface area contributed by atoms with E-state index in [2.05, 4.69) is 5.32 Å². The zero-order valence-corrected chi connectivity index (χ0v) is 19.2. The van der Waals surface area contributed by atoms with Crippen molar-refractivity contribution < 1.29 is 28.7 Å². The minimum Gasteiger partial charge on any atom is -0.379 e. The van der Waals surface area contributed by atoms with Gasteiger partial charge >= 0.3 is 0 Å². The van der Waals surface area contributed by atoms with E-state index < -0.39 is 17.7 Å². The van der Waals surface area contributed by atoms with E-state index in [1.54, 1.807) is 0 Å². The largest absolute Gasteiger partial charge is 0.379 e. The number of carbonyl (C=O) groups excluding carboxylic acids is 4. The number of rotatable bonds is 18. The van der Waals surface area contributed by atoms with Crippen molar-refractivity contribution in [3.8, 4) is 0 Å². The topological polar surface area (TPSA) is 125 Å². The predicted molar refractivity (Wildman–Crippen MR) is 121 cm³/mol. The van der Waals surface area contributed by atoms with Gasteiger partial charge in [-0.2, -0.15) is 0 Å². The Bertz CT molecular complexity index is 733. The number of primary amides is 1. The molecule has 1 unspecified atom stereocenters. The number of Topliss-reactive ketones (excluding diaryl/α,β-unsaturated/α-hetero) is 2. The molecule has 0 saturated carbocycles. The zero-order chi connectivity index (χ0) is 23.8. The Balaban J connectivity index is 2.22. The Morgan fingerprint density at radius 2 is 1.69 bits per heavy atom. The molecule has 1 atom stereocenters. The molecule has 0 heterocycles. The van der Waals surface area contributed by atoms with E-state index in [1.807, 2.05) is 38.1 Å². The number of ether oxygens (including phenoxy) is 2. The highest BCUT2D eigenvalue weighted by molar-refractivity contribution is 5.96. The summed E-state index contributed by atoms with van der Waals surface area (Å²) in [7, 11) is 0. The molecule has 0 fully saturated rings. The molecular weight excluding hydrogens is 412 g/mol. The highest BCUT2D eigenvalue weighted by Crippen LogP contribution is 2.16. The van der Waals surface area contributed by atoms with Crippen molar-refractivity contribution in [2.45, 2.75) is 52.4 Å². The first-order chi connectivity index (χ1) is 15.3. The van der Waals surface area contributed by atoms with Crippen LogP contribution in [0.1, 0.15) is 61.4 Å². The quantitative estimate of drug-likeness (QED) is 0.262. The van der Waals surface area contributed by atoms with Crippen LogP contribution in [0, 0.1) is 12.8 Å². The third kappa shape index (κ3) is 12.3. The lowest BCUT2D eigenvalue weighted by molar-refractivity contribution is -0.130. The second kappa shape index (κ2) is 16.1. The van der Waals surface area contributed by atoms with Crippen molar-refractivity contribution in [1.29, 1.82) is 0 Å². The second-order valence-corrected chi connectivity index (χ2v) is 7.76. The van der Waals surface area contributed by atoms with Gasteiger partial charge in [-0.05, 0) is 26.7 Å². The summed E-state index contributed by atoms with van der Waals surface area (Å²) < 4.78 is 10.2. The number of amides is 2. The van der Waals surface area contributed by atoms with Crippen LogP contribution in [-0.2, 0) is 23.9 Å². The molecule has 1 aromatic rings. The first-order valence-corrected chi connectivity index (χ1v) is 11.2. The van der Waals surface area contributed by atoms with Crippen molar-refractivity contribution in [3.63, 3.8) is 0 Å². The molecule has 8 nitrogen and oxygen atoms in total. The summed E-state index contributed by atoms with van der Waals surface area (Å²) in [6.07, 6.45) is 3.10. The molecule has 8 heteroatoms. The molecule has 0 aromatic heterocycles. The minimum atomic E-state index is -0.574. The lowest BCUT2D eigenvalue weighted by Gasteiger charge is -2.13. The summed E-state index contributed by atoms with van der Waals surface area (Å²) in [5.74, 6) is -1.66. The molecule has 2 amide bonds. The fraction of sp³-hybridized carbons (Fsp3) is 0.583. The van der Waals surface area contributed by atoms with Crippen LogP contribution in [0.2, 0.25) is 0 Å². The van der Waals surface area contributed by atoms with Crippen LogP contribution in [0.15, 0.2) is 24.3 Å². The summed E-state index contributed by atoms with van der Waals surface area (Å²) >= 11 is 0. The molecule has 0 radical (unpaired) electrons. The Hall–Kier alpha value is -2.58. The van der Waals surface area contributed by atoms with Crippen LogP contribution in [0.3, 0.4) is 0 Å². The molecule has 3 N–H and O–H groups in total. The number of nitrogens with one attached hydrogen (secondary N) is 1. The Labute approximate surface area is 190 Å². The number of unbranched alkanes of at least 4 members (excludes halogenated alkanes) is 2. The molecule has 1 aromatic carbocycles.